The van der Waals surface area contributed by atoms with E-state index in [2.05, 4.69) is 0 Å². The molecule has 3 nitrogen and oxygen atoms in total. The first kappa shape index (κ1) is 5.26. The van der Waals surface area contributed by atoms with E-state index in [1.807, 2.05) is 13.0 Å². The van der Waals surface area contributed by atoms with Crippen LogP contribution < -0.4 is 5.73 Å². The predicted octanol–water partition coefficient (Wildman–Crippen LogP) is -0.0274. The fourth-order valence-corrected chi connectivity index (χ4v) is 1.13. The van der Waals surface area contributed by atoms with Crippen molar-refractivity contribution in [3.8, 4) is 0 Å². The first-order valence-corrected chi connectivity index (χ1v) is 3.07. The van der Waals surface area contributed by atoms with Gasteiger partial charge in [0.05, 0.1) is 6.04 Å². The summed E-state index contributed by atoms with van der Waals surface area (Å²) >= 11 is 0. The Morgan fingerprint density at radius 3 is 2.89 bits per heavy atom. The van der Waals surface area contributed by atoms with Gasteiger partial charge in [-0.3, -0.25) is 0 Å². The molecule has 0 amide bonds. The van der Waals surface area contributed by atoms with Gasteiger partial charge in [-0.1, -0.05) is 0 Å². The van der Waals surface area contributed by atoms with Crippen molar-refractivity contribution in [3.63, 3.8) is 0 Å². The van der Waals surface area contributed by atoms with Gasteiger partial charge in [-0.25, -0.2) is 0 Å². The minimum Gasteiger partial charge on any atom is -0.467 e. The lowest BCUT2D eigenvalue weighted by Gasteiger charge is -2.22. The molecule has 2 rings (SSSR count). The largest absolute Gasteiger partial charge is 0.467 e. The van der Waals surface area contributed by atoms with E-state index >= 15 is 0 Å². The number of fused-ring (bicyclic) bond motifs is 1. The third-order valence-corrected chi connectivity index (χ3v) is 1.63. The highest BCUT2D eigenvalue weighted by Crippen LogP contribution is 2.31. The Hall–Kier alpha value is -0.540. The Morgan fingerprint density at radius 2 is 2.44 bits per heavy atom. The van der Waals surface area contributed by atoms with Gasteiger partial charge in [-0.05, 0) is 13.0 Å². The van der Waals surface area contributed by atoms with Gasteiger partial charge in [-0.15, -0.1) is 0 Å². The Morgan fingerprint density at radius 1 is 1.67 bits per heavy atom. The monoisotopic (exact) mass is 127 g/mol. The molecule has 2 N–H and O–H groups in total. The van der Waals surface area contributed by atoms with E-state index < -0.39 is 0 Å². The van der Waals surface area contributed by atoms with E-state index in [-0.39, 0.29) is 18.4 Å². The van der Waals surface area contributed by atoms with Crippen molar-refractivity contribution < 1.29 is 9.47 Å². The summed E-state index contributed by atoms with van der Waals surface area (Å²) in [4.78, 5) is 0. The summed E-state index contributed by atoms with van der Waals surface area (Å²) in [6, 6.07) is 0.0601. The molecule has 1 aliphatic heterocycles. The summed E-state index contributed by atoms with van der Waals surface area (Å²) < 4.78 is 10.4. The summed E-state index contributed by atoms with van der Waals surface area (Å²) in [7, 11) is 0. The molecule has 0 aromatic heterocycles. The van der Waals surface area contributed by atoms with Crippen molar-refractivity contribution in [3.05, 3.63) is 11.8 Å². The van der Waals surface area contributed by atoms with Gasteiger partial charge < -0.3 is 15.2 Å². The Bertz CT molecular complexity index is 166. The maximum Gasteiger partial charge on any atom is 0.197 e. The van der Waals surface area contributed by atoms with Crippen LogP contribution in [-0.2, 0) is 9.47 Å². The maximum absolute atomic E-state index is 5.54. The summed E-state index contributed by atoms with van der Waals surface area (Å²) in [5.41, 5.74) is 5.54. The lowest BCUT2D eigenvalue weighted by atomic mass is 9.99. The normalized spacial score (nSPS) is 46.9. The Kier molecular flexibility index (Phi) is 0.870. The second kappa shape index (κ2) is 1.49. The smallest absolute Gasteiger partial charge is 0.197 e. The zero-order valence-electron chi connectivity index (χ0n) is 5.20. The molecule has 0 aromatic carbocycles. The van der Waals surface area contributed by atoms with Gasteiger partial charge in [0, 0.05) is 0 Å². The Labute approximate surface area is 53.4 Å². The molecule has 0 aromatic rings. The van der Waals surface area contributed by atoms with E-state index in [9.17, 15) is 0 Å². The van der Waals surface area contributed by atoms with Gasteiger partial charge in [0.1, 0.15) is 11.9 Å². The molecule has 1 heterocycles. The highest BCUT2D eigenvalue weighted by Gasteiger charge is 2.40. The standard InChI is InChI=1S/C6H9NO2/c1-3-8-5-2-4(7)6(5)9-3/h2-4,6H,7H2,1H3. The molecular formula is C6H9NO2. The van der Waals surface area contributed by atoms with Gasteiger partial charge in [0.25, 0.3) is 0 Å². The lowest BCUT2D eigenvalue weighted by Crippen LogP contribution is -2.41. The highest BCUT2D eigenvalue weighted by molar-refractivity contribution is 5.24. The van der Waals surface area contributed by atoms with Gasteiger partial charge in [-0.2, -0.15) is 0 Å². The van der Waals surface area contributed by atoms with Gasteiger partial charge >= 0.3 is 0 Å². The van der Waals surface area contributed by atoms with E-state index in [1.54, 1.807) is 0 Å². The molecule has 3 heteroatoms. The number of rotatable bonds is 0. The van der Waals surface area contributed by atoms with E-state index in [1.165, 1.54) is 0 Å². The van der Waals surface area contributed by atoms with Crippen LogP contribution in [0.5, 0.6) is 0 Å². The molecule has 50 valence electrons. The molecule has 1 fully saturated rings. The molecule has 9 heavy (non-hydrogen) atoms. The SMILES string of the molecule is CC1OC2=CC(N)C2O1. The average Bonchev–Trinajstić information content (AvgIpc) is 2.08. The van der Waals surface area contributed by atoms with Crippen LogP contribution in [-0.4, -0.2) is 18.4 Å². The molecule has 1 aliphatic carbocycles. The van der Waals surface area contributed by atoms with Crippen LogP contribution in [0.25, 0.3) is 0 Å². The van der Waals surface area contributed by atoms with Crippen molar-refractivity contribution >= 4 is 0 Å². The molecular weight excluding hydrogens is 118 g/mol. The maximum atomic E-state index is 5.54. The zero-order valence-corrected chi connectivity index (χ0v) is 5.20. The molecule has 0 radical (unpaired) electrons. The lowest BCUT2D eigenvalue weighted by molar-refractivity contribution is -0.0363. The molecule has 3 atom stereocenters. The van der Waals surface area contributed by atoms with E-state index in [0.717, 1.165) is 5.76 Å². The highest BCUT2D eigenvalue weighted by atomic mass is 16.7. The summed E-state index contributed by atoms with van der Waals surface area (Å²) in [6.07, 6.45) is 1.84. The minimum atomic E-state index is -0.102. The summed E-state index contributed by atoms with van der Waals surface area (Å²) in [5, 5.41) is 0. The van der Waals surface area contributed by atoms with Crippen molar-refractivity contribution in [2.75, 3.05) is 0 Å². The van der Waals surface area contributed by atoms with Crippen LogP contribution >= 0.6 is 0 Å². The van der Waals surface area contributed by atoms with Crippen molar-refractivity contribution in [2.45, 2.75) is 25.4 Å². The van der Waals surface area contributed by atoms with Crippen LogP contribution in [0.15, 0.2) is 11.8 Å². The molecule has 0 spiro atoms. The van der Waals surface area contributed by atoms with Crippen LogP contribution in [0.1, 0.15) is 6.92 Å². The first-order valence-electron chi connectivity index (χ1n) is 3.07. The predicted molar refractivity (Wildman–Crippen MR) is 31.5 cm³/mol. The van der Waals surface area contributed by atoms with Crippen LogP contribution in [0.4, 0.5) is 0 Å². The van der Waals surface area contributed by atoms with E-state index in [4.69, 9.17) is 15.2 Å². The van der Waals surface area contributed by atoms with Crippen molar-refractivity contribution in [1.82, 2.24) is 0 Å². The second-order valence-corrected chi connectivity index (χ2v) is 2.39. The fourth-order valence-electron chi connectivity index (χ4n) is 1.13. The topological polar surface area (TPSA) is 44.5 Å². The number of ether oxygens (including phenoxy) is 2. The van der Waals surface area contributed by atoms with Crippen LogP contribution in [0, 0.1) is 0 Å². The Balaban J connectivity index is 2.14. The quantitative estimate of drug-likeness (QED) is 0.497. The van der Waals surface area contributed by atoms with Gasteiger partial charge in [0.2, 0.25) is 0 Å². The van der Waals surface area contributed by atoms with E-state index in [0.29, 0.717) is 0 Å². The molecule has 1 saturated heterocycles. The summed E-state index contributed by atoms with van der Waals surface area (Å²) in [6.45, 7) is 1.87. The molecule has 3 unspecified atom stereocenters. The van der Waals surface area contributed by atoms with Crippen LogP contribution in [0.3, 0.4) is 0 Å². The first-order chi connectivity index (χ1) is 4.27. The molecule has 0 bridgehead atoms. The third-order valence-electron chi connectivity index (χ3n) is 1.63. The van der Waals surface area contributed by atoms with Gasteiger partial charge in [0.15, 0.2) is 6.29 Å². The average molecular weight is 127 g/mol. The number of hydrogen-bond acceptors (Lipinski definition) is 3. The molecule has 0 saturated carbocycles. The molecule has 2 aliphatic rings. The summed E-state index contributed by atoms with van der Waals surface area (Å²) in [5.74, 6) is 0.912. The van der Waals surface area contributed by atoms with Crippen LogP contribution in [0.2, 0.25) is 0 Å². The van der Waals surface area contributed by atoms with Crippen molar-refractivity contribution in [2.24, 2.45) is 5.73 Å². The van der Waals surface area contributed by atoms with Crippen molar-refractivity contribution in [1.29, 1.82) is 0 Å². The number of nitrogens with two attached hydrogens (primary N) is 1. The number of hydrogen-bond donors (Lipinski definition) is 1. The minimum absolute atomic E-state index is 0.0556. The fraction of sp³-hybridized carbons (Fsp3) is 0.667. The zero-order chi connectivity index (χ0) is 6.43. The third kappa shape index (κ3) is 0.587. The second-order valence-electron chi connectivity index (χ2n) is 2.39.